The Morgan fingerprint density at radius 3 is 2.73 bits per heavy atom. The largest absolute Gasteiger partial charge is 0.388 e. The zero-order chi connectivity index (χ0) is 18.1. The van der Waals surface area contributed by atoms with E-state index in [0.29, 0.717) is 31.3 Å². The van der Waals surface area contributed by atoms with Gasteiger partial charge in [0.2, 0.25) is 0 Å². The van der Waals surface area contributed by atoms with Crippen LogP contribution < -0.4 is 0 Å². The van der Waals surface area contributed by atoms with Gasteiger partial charge in [0.25, 0.3) is 5.91 Å². The van der Waals surface area contributed by atoms with Gasteiger partial charge < -0.3 is 14.7 Å². The Hall–Kier alpha value is -2.32. The molecule has 0 radical (unpaired) electrons. The third kappa shape index (κ3) is 3.34. The molecule has 0 unspecified atom stereocenters. The number of carbonyl (C=O) groups excluding carboxylic acids is 1. The Morgan fingerprint density at radius 2 is 2.08 bits per heavy atom. The number of carbonyl (C=O) groups is 1. The van der Waals surface area contributed by atoms with E-state index >= 15 is 0 Å². The van der Waals surface area contributed by atoms with Gasteiger partial charge in [-0.25, -0.2) is 4.68 Å². The fourth-order valence-corrected chi connectivity index (χ4v) is 3.62. The average molecular weight is 357 g/mol. The highest BCUT2D eigenvalue weighted by molar-refractivity contribution is 5.92. The van der Waals surface area contributed by atoms with E-state index in [1.54, 1.807) is 6.20 Å². The second-order valence-electron chi connectivity index (χ2n) is 7.06. The van der Waals surface area contributed by atoms with Gasteiger partial charge in [-0.2, -0.15) is 0 Å². The van der Waals surface area contributed by atoms with Gasteiger partial charge in [-0.1, -0.05) is 11.3 Å². The zero-order valence-electron chi connectivity index (χ0n) is 14.8. The summed E-state index contributed by atoms with van der Waals surface area (Å²) in [5.74, 6) is 0.332. The summed E-state index contributed by atoms with van der Waals surface area (Å²) in [4.78, 5) is 18.9. The fourth-order valence-electron chi connectivity index (χ4n) is 3.62. The molecule has 0 saturated carbocycles. The van der Waals surface area contributed by atoms with Crippen molar-refractivity contribution in [2.45, 2.75) is 37.8 Å². The number of aliphatic hydroxyl groups is 1. The molecular formula is C18H23N5O3. The number of hydrogen-bond donors (Lipinski definition) is 1. The number of aromatic nitrogens is 4. The van der Waals surface area contributed by atoms with Gasteiger partial charge in [-0.15, -0.1) is 5.10 Å². The highest BCUT2D eigenvalue weighted by Crippen LogP contribution is 2.28. The van der Waals surface area contributed by atoms with Crippen LogP contribution in [0, 0.1) is 6.92 Å². The van der Waals surface area contributed by atoms with Crippen LogP contribution in [-0.4, -0.2) is 68.3 Å². The van der Waals surface area contributed by atoms with E-state index < -0.39 is 6.10 Å². The Morgan fingerprint density at radius 1 is 1.27 bits per heavy atom. The van der Waals surface area contributed by atoms with Crippen LogP contribution in [-0.2, 0) is 4.74 Å². The zero-order valence-corrected chi connectivity index (χ0v) is 14.8. The molecule has 2 aromatic heterocycles. The van der Waals surface area contributed by atoms with E-state index in [-0.39, 0.29) is 18.6 Å². The number of likely N-dealkylation sites (tertiary alicyclic amines) is 1. The molecule has 2 atom stereocenters. The molecule has 1 amide bonds. The summed E-state index contributed by atoms with van der Waals surface area (Å²) >= 11 is 0. The lowest BCUT2D eigenvalue weighted by Crippen LogP contribution is -2.38. The molecule has 0 bridgehead atoms. The van der Waals surface area contributed by atoms with Crippen LogP contribution in [0.1, 0.15) is 46.5 Å². The minimum atomic E-state index is -0.612. The van der Waals surface area contributed by atoms with E-state index in [9.17, 15) is 9.90 Å². The first kappa shape index (κ1) is 17.1. The molecule has 8 heteroatoms. The molecule has 0 aliphatic carbocycles. The quantitative estimate of drug-likeness (QED) is 0.878. The molecule has 2 aliphatic rings. The number of pyridine rings is 1. The SMILES string of the molecule is Cc1ccc(C2CCN(C(=O)c3cn([C@@H]4COC[C@H]4O)nn3)CC2)cn1. The van der Waals surface area contributed by atoms with Crippen LogP contribution in [0.3, 0.4) is 0 Å². The summed E-state index contributed by atoms with van der Waals surface area (Å²) < 4.78 is 6.77. The maximum atomic E-state index is 12.7. The average Bonchev–Trinajstić information content (AvgIpc) is 3.31. The molecule has 4 heterocycles. The number of ether oxygens (including phenoxy) is 1. The van der Waals surface area contributed by atoms with Gasteiger partial charge in [0, 0.05) is 25.0 Å². The standard InChI is InChI=1S/C18H23N5O3/c1-12-2-3-14(8-19-12)13-4-6-22(7-5-13)18(25)15-9-23(21-20-15)16-10-26-11-17(16)24/h2-3,8-9,13,16-17,24H,4-7,10-11H2,1H3/t16-,17-/m1/s1. The second-order valence-corrected chi connectivity index (χ2v) is 7.06. The van der Waals surface area contributed by atoms with Gasteiger partial charge in [0.05, 0.1) is 19.4 Å². The number of amides is 1. The number of rotatable bonds is 3. The van der Waals surface area contributed by atoms with Gasteiger partial charge in [0.1, 0.15) is 12.1 Å². The number of aliphatic hydroxyl groups excluding tert-OH is 1. The van der Waals surface area contributed by atoms with Crippen molar-refractivity contribution in [1.29, 1.82) is 0 Å². The molecule has 2 aromatic rings. The van der Waals surface area contributed by atoms with Gasteiger partial charge in [-0.05, 0) is 37.3 Å². The summed E-state index contributed by atoms with van der Waals surface area (Å²) in [6.45, 7) is 4.04. The van der Waals surface area contributed by atoms with Crippen LogP contribution in [0.25, 0.3) is 0 Å². The molecule has 0 spiro atoms. The van der Waals surface area contributed by atoms with Gasteiger partial charge in [-0.3, -0.25) is 9.78 Å². The van der Waals surface area contributed by atoms with Crippen molar-refractivity contribution < 1.29 is 14.6 Å². The maximum Gasteiger partial charge on any atom is 0.276 e. The molecule has 2 saturated heterocycles. The van der Waals surface area contributed by atoms with E-state index in [1.165, 1.54) is 10.2 Å². The smallest absolute Gasteiger partial charge is 0.276 e. The normalized spacial score (nSPS) is 24.2. The van der Waals surface area contributed by atoms with Crippen LogP contribution in [0.5, 0.6) is 0 Å². The Kier molecular flexibility index (Phi) is 4.69. The summed E-state index contributed by atoms with van der Waals surface area (Å²) in [6.07, 6.45) is 4.77. The van der Waals surface area contributed by atoms with Crippen molar-refractivity contribution in [3.63, 3.8) is 0 Å². The van der Waals surface area contributed by atoms with Gasteiger partial charge >= 0.3 is 0 Å². The number of piperidine rings is 1. The molecule has 2 fully saturated rings. The highest BCUT2D eigenvalue weighted by atomic mass is 16.5. The van der Waals surface area contributed by atoms with Crippen LogP contribution >= 0.6 is 0 Å². The Balaban J connectivity index is 1.38. The van der Waals surface area contributed by atoms with Crippen LogP contribution in [0.15, 0.2) is 24.5 Å². The Labute approximate surface area is 151 Å². The first-order chi connectivity index (χ1) is 12.6. The third-order valence-electron chi connectivity index (χ3n) is 5.28. The second kappa shape index (κ2) is 7.13. The lowest BCUT2D eigenvalue weighted by molar-refractivity contribution is 0.0706. The molecule has 138 valence electrons. The molecule has 1 N–H and O–H groups in total. The third-order valence-corrected chi connectivity index (χ3v) is 5.28. The Bertz CT molecular complexity index is 767. The van der Waals surface area contributed by atoms with E-state index in [1.807, 2.05) is 24.1 Å². The first-order valence-electron chi connectivity index (χ1n) is 9.01. The summed E-state index contributed by atoms with van der Waals surface area (Å²) in [5, 5.41) is 17.9. The van der Waals surface area contributed by atoms with Crippen molar-refractivity contribution in [2.24, 2.45) is 0 Å². The molecular weight excluding hydrogens is 334 g/mol. The first-order valence-corrected chi connectivity index (χ1v) is 9.01. The number of hydrogen-bond acceptors (Lipinski definition) is 6. The van der Waals surface area contributed by atoms with Crippen LogP contribution in [0.4, 0.5) is 0 Å². The number of nitrogens with zero attached hydrogens (tertiary/aromatic N) is 5. The van der Waals surface area contributed by atoms with E-state index in [4.69, 9.17) is 4.74 Å². The fraction of sp³-hybridized carbons (Fsp3) is 0.556. The molecule has 26 heavy (non-hydrogen) atoms. The van der Waals surface area contributed by atoms with Crippen molar-refractivity contribution in [3.05, 3.63) is 41.5 Å². The number of aryl methyl sites for hydroxylation is 1. The van der Waals surface area contributed by atoms with Gasteiger partial charge in [0.15, 0.2) is 5.69 Å². The summed E-state index contributed by atoms with van der Waals surface area (Å²) in [6, 6.07) is 3.89. The minimum absolute atomic E-state index is 0.106. The lowest BCUT2D eigenvalue weighted by atomic mass is 9.90. The summed E-state index contributed by atoms with van der Waals surface area (Å²) in [5.41, 5.74) is 2.57. The predicted octanol–water partition coefficient (Wildman–Crippen LogP) is 0.934. The van der Waals surface area contributed by atoms with Crippen molar-refractivity contribution in [2.75, 3.05) is 26.3 Å². The maximum absolute atomic E-state index is 12.7. The van der Waals surface area contributed by atoms with E-state index in [2.05, 4.69) is 21.4 Å². The highest BCUT2D eigenvalue weighted by Gasteiger charge is 2.31. The minimum Gasteiger partial charge on any atom is -0.388 e. The topological polar surface area (TPSA) is 93.4 Å². The van der Waals surface area contributed by atoms with Crippen LogP contribution in [0.2, 0.25) is 0 Å². The monoisotopic (exact) mass is 357 g/mol. The summed E-state index contributed by atoms with van der Waals surface area (Å²) in [7, 11) is 0. The molecule has 0 aromatic carbocycles. The lowest BCUT2D eigenvalue weighted by Gasteiger charge is -2.31. The predicted molar refractivity (Wildman–Crippen MR) is 92.7 cm³/mol. The molecule has 8 nitrogen and oxygen atoms in total. The van der Waals surface area contributed by atoms with Crippen molar-refractivity contribution in [1.82, 2.24) is 24.9 Å². The van der Waals surface area contributed by atoms with E-state index in [0.717, 1.165) is 18.5 Å². The van der Waals surface area contributed by atoms with Crippen molar-refractivity contribution in [3.8, 4) is 0 Å². The molecule has 2 aliphatic heterocycles. The molecule has 4 rings (SSSR count). The van der Waals surface area contributed by atoms with Crippen molar-refractivity contribution >= 4 is 5.91 Å².